The van der Waals surface area contributed by atoms with E-state index in [9.17, 15) is 4.79 Å². The number of rotatable bonds is 5. The number of para-hydroxylation sites is 1. The molecule has 0 bridgehead atoms. The molecule has 24 heavy (non-hydrogen) atoms. The van der Waals surface area contributed by atoms with E-state index in [4.69, 9.17) is 4.74 Å². The maximum Gasteiger partial charge on any atom is 0.264 e. The zero-order valence-corrected chi connectivity index (χ0v) is 14.3. The van der Waals surface area contributed by atoms with Crippen LogP contribution in [0.15, 0.2) is 48.5 Å². The van der Waals surface area contributed by atoms with Crippen molar-refractivity contribution in [3.8, 4) is 16.3 Å². The molecule has 5 nitrogen and oxygen atoms in total. The summed E-state index contributed by atoms with van der Waals surface area (Å²) in [4.78, 5) is 12.0. The van der Waals surface area contributed by atoms with Gasteiger partial charge in [0.1, 0.15) is 10.8 Å². The van der Waals surface area contributed by atoms with E-state index in [1.54, 1.807) is 0 Å². The first-order valence-corrected chi connectivity index (χ1v) is 8.32. The van der Waals surface area contributed by atoms with Crippen LogP contribution in [0.5, 0.6) is 5.75 Å². The Morgan fingerprint density at radius 2 is 1.96 bits per heavy atom. The number of benzene rings is 2. The molecule has 0 fully saturated rings. The van der Waals surface area contributed by atoms with Crippen LogP contribution in [0.3, 0.4) is 0 Å². The molecule has 122 valence electrons. The van der Waals surface area contributed by atoms with Crippen LogP contribution in [-0.2, 0) is 4.79 Å². The Balaban J connectivity index is 1.60. The van der Waals surface area contributed by atoms with Crippen LogP contribution in [0.2, 0.25) is 0 Å². The highest BCUT2D eigenvalue weighted by molar-refractivity contribution is 7.18. The summed E-state index contributed by atoms with van der Waals surface area (Å²) in [5.74, 6) is 0.440. The van der Waals surface area contributed by atoms with Gasteiger partial charge in [0.2, 0.25) is 5.13 Å². The third kappa shape index (κ3) is 3.97. The van der Waals surface area contributed by atoms with Gasteiger partial charge in [0.05, 0.1) is 0 Å². The summed E-state index contributed by atoms with van der Waals surface area (Å²) in [6, 6.07) is 15.6. The lowest BCUT2D eigenvalue weighted by atomic mass is 10.1. The zero-order valence-electron chi connectivity index (χ0n) is 13.4. The predicted molar refractivity (Wildman–Crippen MR) is 95.4 cm³/mol. The molecule has 1 heterocycles. The van der Waals surface area contributed by atoms with Crippen molar-refractivity contribution in [2.24, 2.45) is 0 Å². The first-order chi connectivity index (χ1) is 11.6. The van der Waals surface area contributed by atoms with E-state index >= 15 is 0 Å². The highest BCUT2D eigenvalue weighted by atomic mass is 32.1. The van der Waals surface area contributed by atoms with Gasteiger partial charge in [0.15, 0.2) is 6.61 Å². The van der Waals surface area contributed by atoms with Crippen LogP contribution >= 0.6 is 11.3 Å². The Labute approximate surface area is 144 Å². The summed E-state index contributed by atoms with van der Waals surface area (Å²) in [6.45, 7) is 3.90. The molecule has 0 radical (unpaired) electrons. The van der Waals surface area contributed by atoms with Gasteiger partial charge in [-0.1, -0.05) is 53.3 Å². The molecule has 0 atom stereocenters. The van der Waals surface area contributed by atoms with E-state index in [1.165, 1.54) is 11.3 Å². The first-order valence-electron chi connectivity index (χ1n) is 7.50. The third-order valence-corrected chi connectivity index (χ3v) is 4.28. The van der Waals surface area contributed by atoms with Gasteiger partial charge in [-0.25, -0.2) is 0 Å². The number of nitrogens with zero attached hydrogens (tertiary/aromatic N) is 2. The molecule has 0 aliphatic carbocycles. The summed E-state index contributed by atoms with van der Waals surface area (Å²) in [6.07, 6.45) is 0. The fraction of sp³-hybridized carbons (Fsp3) is 0.167. The van der Waals surface area contributed by atoms with Crippen LogP contribution < -0.4 is 10.1 Å². The van der Waals surface area contributed by atoms with Gasteiger partial charge in [-0.05, 0) is 31.5 Å². The molecule has 2 aromatic carbocycles. The van der Waals surface area contributed by atoms with E-state index in [0.29, 0.717) is 10.9 Å². The summed E-state index contributed by atoms with van der Waals surface area (Å²) in [5, 5.41) is 12.1. The zero-order chi connectivity index (χ0) is 16.9. The average molecular weight is 339 g/mol. The first kappa shape index (κ1) is 16.1. The van der Waals surface area contributed by atoms with Gasteiger partial charge < -0.3 is 4.74 Å². The Morgan fingerprint density at radius 3 is 2.75 bits per heavy atom. The fourth-order valence-electron chi connectivity index (χ4n) is 2.19. The molecule has 0 saturated carbocycles. The second-order valence-corrected chi connectivity index (χ2v) is 6.36. The number of nitrogens with one attached hydrogen (secondary N) is 1. The standard InChI is InChI=1S/C18H17N3O2S/c1-12-6-5-8-14(10-12)17-20-21-18(24-17)19-16(22)11-23-15-9-4-3-7-13(15)2/h3-10H,11H2,1-2H3,(H,19,21,22). The molecule has 3 aromatic rings. The molecule has 0 saturated heterocycles. The second-order valence-electron chi connectivity index (χ2n) is 5.38. The normalized spacial score (nSPS) is 10.4. The number of aryl methyl sites for hydroxylation is 2. The van der Waals surface area contributed by atoms with E-state index in [-0.39, 0.29) is 12.5 Å². The summed E-state index contributed by atoms with van der Waals surface area (Å²) in [5.41, 5.74) is 3.13. The Hall–Kier alpha value is -2.73. The minimum absolute atomic E-state index is 0.0653. The monoisotopic (exact) mass is 339 g/mol. The van der Waals surface area contributed by atoms with E-state index in [0.717, 1.165) is 21.7 Å². The number of aromatic nitrogens is 2. The molecule has 0 aliphatic heterocycles. The summed E-state index contributed by atoms with van der Waals surface area (Å²) in [7, 11) is 0. The van der Waals surface area contributed by atoms with Crippen LogP contribution in [0, 0.1) is 13.8 Å². The van der Waals surface area contributed by atoms with Crippen molar-refractivity contribution in [1.82, 2.24) is 10.2 Å². The summed E-state index contributed by atoms with van der Waals surface area (Å²) >= 11 is 1.34. The largest absolute Gasteiger partial charge is 0.483 e. The molecular formula is C18H17N3O2S. The number of carbonyl (C=O) groups is 1. The minimum atomic E-state index is -0.259. The molecular weight excluding hydrogens is 322 g/mol. The molecule has 0 spiro atoms. The number of carbonyl (C=O) groups excluding carboxylic acids is 1. The Kier molecular flexibility index (Phi) is 4.86. The SMILES string of the molecule is Cc1cccc(-c2nnc(NC(=O)COc3ccccc3C)s2)c1. The highest BCUT2D eigenvalue weighted by Crippen LogP contribution is 2.26. The Bertz CT molecular complexity index is 861. The molecule has 3 rings (SSSR count). The van der Waals surface area contributed by atoms with E-state index < -0.39 is 0 Å². The lowest BCUT2D eigenvalue weighted by Crippen LogP contribution is -2.20. The summed E-state index contributed by atoms with van der Waals surface area (Å²) < 4.78 is 5.52. The van der Waals surface area contributed by atoms with Crippen LogP contribution in [0.1, 0.15) is 11.1 Å². The van der Waals surface area contributed by atoms with E-state index in [2.05, 4.69) is 15.5 Å². The smallest absolute Gasteiger partial charge is 0.264 e. The van der Waals surface area contributed by atoms with Crippen molar-refractivity contribution in [3.05, 3.63) is 59.7 Å². The van der Waals surface area contributed by atoms with Crippen molar-refractivity contribution in [2.75, 3.05) is 11.9 Å². The van der Waals surface area contributed by atoms with Gasteiger partial charge in [-0.3, -0.25) is 10.1 Å². The molecule has 1 N–H and O–H groups in total. The lowest BCUT2D eigenvalue weighted by molar-refractivity contribution is -0.118. The van der Waals surface area contributed by atoms with Crippen molar-refractivity contribution in [3.63, 3.8) is 0 Å². The fourth-order valence-corrected chi connectivity index (χ4v) is 2.94. The third-order valence-electron chi connectivity index (χ3n) is 3.39. The predicted octanol–water partition coefficient (Wildman–Crippen LogP) is 3.84. The van der Waals surface area contributed by atoms with Gasteiger partial charge >= 0.3 is 0 Å². The molecule has 0 aliphatic rings. The Morgan fingerprint density at radius 1 is 1.12 bits per heavy atom. The topological polar surface area (TPSA) is 64.1 Å². The molecule has 1 amide bonds. The maximum atomic E-state index is 12.0. The minimum Gasteiger partial charge on any atom is -0.483 e. The van der Waals surface area contributed by atoms with Gasteiger partial charge in [-0.2, -0.15) is 0 Å². The lowest BCUT2D eigenvalue weighted by Gasteiger charge is -2.07. The molecule has 1 aromatic heterocycles. The van der Waals surface area contributed by atoms with Crippen molar-refractivity contribution in [2.45, 2.75) is 13.8 Å². The van der Waals surface area contributed by atoms with E-state index in [1.807, 2.05) is 62.4 Å². The van der Waals surface area contributed by atoms with Crippen molar-refractivity contribution < 1.29 is 9.53 Å². The number of hydrogen-bond donors (Lipinski definition) is 1. The number of ether oxygens (including phenoxy) is 1. The molecule has 6 heteroatoms. The quantitative estimate of drug-likeness (QED) is 0.767. The average Bonchev–Trinajstić information content (AvgIpc) is 3.02. The van der Waals surface area contributed by atoms with Crippen LogP contribution in [0.4, 0.5) is 5.13 Å². The number of anilines is 1. The molecule has 0 unspecified atom stereocenters. The van der Waals surface area contributed by atoms with Gasteiger partial charge in [0, 0.05) is 5.56 Å². The maximum absolute atomic E-state index is 12.0. The van der Waals surface area contributed by atoms with Crippen LogP contribution in [0.25, 0.3) is 10.6 Å². The van der Waals surface area contributed by atoms with Crippen LogP contribution in [-0.4, -0.2) is 22.7 Å². The van der Waals surface area contributed by atoms with Crippen molar-refractivity contribution >= 4 is 22.4 Å². The van der Waals surface area contributed by atoms with Gasteiger partial charge in [0.25, 0.3) is 5.91 Å². The highest BCUT2D eigenvalue weighted by Gasteiger charge is 2.10. The number of amides is 1. The number of hydrogen-bond acceptors (Lipinski definition) is 5. The van der Waals surface area contributed by atoms with Crippen molar-refractivity contribution in [1.29, 1.82) is 0 Å². The van der Waals surface area contributed by atoms with Gasteiger partial charge in [-0.15, -0.1) is 10.2 Å². The second kappa shape index (κ2) is 7.23.